The van der Waals surface area contributed by atoms with E-state index in [1.165, 1.54) is 11.1 Å². The van der Waals surface area contributed by atoms with Gasteiger partial charge in [0, 0.05) is 32.2 Å². The largest absolute Gasteiger partial charge is 0.356 e. The highest BCUT2D eigenvalue weighted by atomic mass is 127. The third-order valence-electron chi connectivity index (χ3n) is 3.21. The summed E-state index contributed by atoms with van der Waals surface area (Å²) in [7, 11) is 1.77. The number of halogens is 1. The van der Waals surface area contributed by atoms with Crippen LogP contribution in [0.1, 0.15) is 16.8 Å². The molecule has 6 heteroatoms. The van der Waals surface area contributed by atoms with Crippen molar-refractivity contribution in [2.75, 3.05) is 13.6 Å². The number of aryl methyl sites for hydroxylation is 1. The zero-order chi connectivity index (χ0) is 14.9. The SMILES string of the molecule is CN=C(NCCc1ccncc1C)NCc1ccccn1.I. The molecule has 0 aliphatic heterocycles. The van der Waals surface area contributed by atoms with Crippen molar-refractivity contribution in [3.8, 4) is 0 Å². The van der Waals surface area contributed by atoms with Gasteiger partial charge in [-0.1, -0.05) is 6.07 Å². The van der Waals surface area contributed by atoms with Gasteiger partial charge in [0.25, 0.3) is 0 Å². The van der Waals surface area contributed by atoms with Crippen LogP contribution in [0, 0.1) is 6.92 Å². The van der Waals surface area contributed by atoms with Gasteiger partial charge in [0.05, 0.1) is 12.2 Å². The van der Waals surface area contributed by atoms with Crippen molar-refractivity contribution < 1.29 is 0 Å². The molecular weight excluding hydrogens is 389 g/mol. The number of nitrogens with zero attached hydrogens (tertiary/aromatic N) is 3. The summed E-state index contributed by atoms with van der Waals surface area (Å²) >= 11 is 0. The van der Waals surface area contributed by atoms with Crippen molar-refractivity contribution >= 4 is 29.9 Å². The molecule has 2 aromatic rings. The molecule has 0 saturated carbocycles. The van der Waals surface area contributed by atoms with Crippen LogP contribution >= 0.6 is 24.0 Å². The van der Waals surface area contributed by atoms with Crippen LogP contribution in [0.25, 0.3) is 0 Å². The minimum Gasteiger partial charge on any atom is -0.356 e. The fraction of sp³-hybridized carbons (Fsp3) is 0.312. The Balaban J connectivity index is 0.00000242. The summed E-state index contributed by atoms with van der Waals surface area (Å²) in [6.45, 7) is 3.57. The van der Waals surface area contributed by atoms with E-state index < -0.39 is 0 Å². The van der Waals surface area contributed by atoms with Crippen LogP contribution in [-0.4, -0.2) is 29.5 Å². The number of aliphatic imine (C=N–C) groups is 1. The van der Waals surface area contributed by atoms with Crippen LogP contribution in [0.4, 0.5) is 0 Å². The Morgan fingerprint density at radius 1 is 1.18 bits per heavy atom. The van der Waals surface area contributed by atoms with E-state index in [4.69, 9.17) is 0 Å². The smallest absolute Gasteiger partial charge is 0.191 e. The Morgan fingerprint density at radius 3 is 2.73 bits per heavy atom. The topological polar surface area (TPSA) is 62.2 Å². The molecule has 2 aromatic heterocycles. The molecule has 2 rings (SSSR count). The van der Waals surface area contributed by atoms with Gasteiger partial charge in [0.2, 0.25) is 0 Å². The van der Waals surface area contributed by atoms with E-state index in [2.05, 4.69) is 38.6 Å². The number of guanidine groups is 1. The number of rotatable bonds is 5. The van der Waals surface area contributed by atoms with E-state index in [1.807, 2.05) is 30.6 Å². The molecule has 0 aliphatic rings. The third kappa shape index (κ3) is 5.97. The molecule has 0 aliphatic carbocycles. The molecular formula is C16H22IN5. The van der Waals surface area contributed by atoms with E-state index >= 15 is 0 Å². The Bertz CT molecular complexity index is 586. The van der Waals surface area contributed by atoms with E-state index in [9.17, 15) is 0 Å². The predicted octanol–water partition coefficient (Wildman–Crippen LogP) is 2.31. The first-order valence-corrected chi connectivity index (χ1v) is 7.03. The summed E-state index contributed by atoms with van der Waals surface area (Å²) in [4.78, 5) is 12.6. The Morgan fingerprint density at radius 2 is 2.05 bits per heavy atom. The molecule has 5 nitrogen and oxygen atoms in total. The van der Waals surface area contributed by atoms with Gasteiger partial charge in [-0.3, -0.25) is 15.0 Å². The van der Waals surface area contributed by atoms with Crippen LogP contribution in [0.2, 0.25) is 0 Å². The van der Waals surface area contributed by atoms with Crippen molar-refractivity contribution in [1.82, 2.24) is 20.6 Å². The lowest BCUT2D eigenvalue weighted by atomic mass is 10.1. The Kier molecular flexibility index (Phi) is 8.42. The van der Waals surface area contributed by atoms with Crippen LogP contribution in [0.5, 0.6) is 0 Å². The number of aromatic nitrogens is 2. The molecule has 0 saturated heterocycles. The van der Waals surface area contributed by atoms with Gasteiger partial charge in [-0.25, -0.2) is 0 Å². The molecule has 0 amide bonds. The summed E-state index contributed by atoms with van der Waals surface area (Å²) in [6, 6.07) is 7.93. The Hall–Kier alpha value is -1.70. The zero-order valence-electron chi connectivity index (χ0n) is 12.9. The maximum absolute atomic E-state index is 4.27. The lowest BCUT2D eigenvalue weighted by molar-refractivity contribution is 0.781. The number of hydrogen-bond donors (Lipinski definition) is 2. The van der Waals surface area contributed by atoms with E-state index in [0.717, 1.165) is 24.6 Å². The van der Waals surface area contributed by atoms with Gasteiger partial charge in [-0.15, -0.1) is 24.0 Å². The van der Waals surface area contributed by atoms with Crippen molar-refractivity contribution in [2.45, 2.75) is 19.9 Å². The molecule has 0 unspecified atom stereocenters. The number of nitrogens with one attached hydrogen (secondary N) is 2. The first-order chi connectivity index (χ1) is 10.3. The molecule has 2 N–H and O–H groups in total. The molecule has 2 heterocycles. The highest BCUT2D eigenvalue weighted by Gasteiger charge is 2.00. The van der Waals surface area contributed by atoms with Gasteiger partial charge in [0.15, 0.2) is 5.96 Å². The van der Waals surface area contributed by atoms with E-state index in [-0.39, 0.29) is 24.0 Å². The lowest BCUT2D eigenvalue weighted by Crippen LogP contribution is -2.38. The molecule has 0 bridgehead atoms. The maximum atomic E-state index is 4.27. The third-order valence-corrected chi connectivity index (χ3v) is 3.21. The van der Waals surface area contributed by atoms with Crippen LogP contribution in [0.15, 0.2) is 47.8 Å². The van der Waals surface area contributed by atoms with Gasteiger partial charge in [0.1, 0.15) is 0 Å². The summed E-state index contributed by atoms with van der Waals surface area (Å²) in [5.41, 5.74) is 3.51. The molecule has 0 radical (unpaired) electrons. The molecule has 0 atom stereocenters. The number of hydrogen-bond acceptors (Lipinski definition) is 3. The highest BCUT2D eigenvalue weighted by molar-refractivity contribution is 14.0. The lowest BCUT2D eigenvalue weighted by Gasteiger charge is -2.12. The van der Waals surface area contributed by atoms with Crippen molar-refractivity contribution in [1.29, 1.82) is 0 Å². The van der Waals surface area contributed by atoms with Gasteiger partial charge >= 0.3 is 0 Å². The summed E-state index contributed by atoms with van der Waals surface area (Å²) < 4.78 is 0. The van der Waals surface area contributed by atoms with Crippen molar-refractivity contribution in [3.63, 3.8) is 0 Å². The normalized spacial score (nSPS) is 10.7. The van der Waals surface area contributed by atoms with Crippen LogP contribution in [-0.2, 0) is 13.0 Å². The second-order valence-corrected chi connectivity index (χ2v) is 4.73. The van der Waals surface area contributed by atoms with E-state index in [0.29, 0.717) is 6.54 Å². The van der Waals surface area contributed by atoms with Crippen molar-refractivity contribution in [2.24, 2.45) is 4.99 Å². The first-order valence-electron chi connectivity index (χ1n) is 7.03. The van der Waals surface area contributed by atoms with Gasteiger partial charge in [-0.05, 0) is 42.7 Å². The molecule has 0 fully saturated rings. The second-order valence-electron chi connectivity index (χ2n) is 4.73. The standard InChI is InChI=1S/C16H21N5.HI/c1-13-11-18-9-6-14(13)7-10-20-16(17-2)21-12-15-5-3-4-8-19-15;/h3-6,8-9,11H,7,10,12H2,1-2H3,(H2,17,20,21);1H. The second kappa shape index (κ2) is 10.1. The fourth-order valence-corrected chi connectivity index (χ4v) is 2.00. The molecule has 22 heavy (non-hydrogen) atoms. The maximum Gasteiger partial charge on any atom is 0.191 e. The van der Waals surface area contributed by atoms with Gasteiger partial charge in [-0.2, -0.15) is 0 Å². The first kappa shape index (κ1) is 18.3. The number of pyridine rings is 2. The zero-order valence-corrected chi connectivity index (χ0v) is 15.2. The minimum absolute atomic E-state index is 0. The summed E-state index contributed by atoms with van der Waals surface area (Å²) in [5, 5.41) is 6.56. The quantitative estimate of drug-likeness (QED) is 0.451. The molecule has 118 valence electrons. The van der Waals surface area contributed by atoms with Crippen LogP contribution < -0.4 is 10.6 Å². The monoisotopic (exact) mass is 411 g/mol. The minimum atomic E-state index is 0. The molecule has 0 aromatic carbocycles. The summed E-state index contributed by atoms with van der Waals surface area (Å²) in [5.74, 6) is 0.785. The van der Waals surface area contributed by atoms with Crippen molar-refractivity contribution in [3.05, 3.63) is 59.7 Å². The average molecular weight is 411 g/mol. The Labute approximate surface area is 148 Å². The highest BCUT2D eigenvalue weighted by Crippen LogP contribution is 2.04. The predicted molar refractivity (Wildman–Crippen MR) is 101 cm³/mol. The van der Waals surface area contributed by atoms with E-state index in [1.54, 1.807) is 13.2 Å². The molecule has 0 spiro atoms. The van der Waals surface area contributed by atoms with Crippen LogP contribution in [0.3, 0.4) is 0 Å². The average Bonchev–Trinajstić information content (AvgIpc) is 2.53. The van der Waals surface area contributed by atoms with Gasteiger partial charge < -0.3 is 10.6 Å². The summed E-state index contributed by atoms with van der Waals surface area (Å²) in [6.07, 6.45) is 6.46. The fourth-order valence-electron chi connectivity index (χ4n) is 2.00.